The molecule has 0 bridgehead atoms. The maximum atomic E-state index is 12.2. The molecule has 0 spiro atoms. The zero-order valence-corrected chi connectivity index (χ0v) is 6.41. The van der Waals surface area contributed by atoms with Crippen molar-refractivity contribution in [2.24, 2.45) is 0 Å². The third-order valence-corrected chi connectivity index (χ3v) is 1.33. The van der Waals surface area contributed by atoms with Crippen LogP contribution < -0.4 is 0 Å². The molecule has 4 nitrogen and oxygen atoms in total. The van der Waals surface area contributed by atoms with Gasteiger partial charge in [-0.3, -0.25) is 0 Å². The summed E-state index contributed by atoms with van der Waals surface area (Å²) >= 11 is 0. The van der Waals surface area contributed by atoms with Gasteiger partial charge in [0, 0.05) is 6.92 Å². The lowest BCUT2D eigenvalue weighted by molar-refractivity contribution is 0.0587. The average molecular weight is 170 g/mol. The highest BCUT2D eigenvalue weighted by molar-refractivity contribution is 5.17. The zero-order chi connectivity index (χ0) is 9.19. The van der Waals surface area contributed by atoms with Crippen molar-refractivity contribution >= 4 is 0 Å². The number of aromatic nitrogens is 2. The second kappa shape index (κ2) is 2.91. The fourth-order valence-corrected chi connectivity index (χ4v) is 0.630. The number of alkyl halides is 1. The molecule has 64 valence electrons. The van der Waals surface area contributed by atoms with Gasteiger partial charge in [-0.2, -0.15) is 4.98 Å². The predicted octanol–water partition coefficient (Wildman–Crippen LogP) is 0.168. The summed E-state index contributed by atoms with van der Waals surface area (Å²) in [6.07, 6.45) is 4.90. The van der Waals surface area contributed by atoms with Crippen LogP contribution in [-0.4, -0.2) is 21.9 Å². The summed E-state index contributed by atoms with van der Waals surface area (Å²) in [5, 5.41) is 12.6. The molecule has 1 heterocycles. The van der Waals surface area contributed by atoms with E-state index in [9.17, 15) is 9.50 Å². The maximum Gasteiger partial charge on any atom is 0.223 e. The first-order valence-electron chi connectivity index (χ1n) is 3.19. The Hall–Kier alpha value is -1.41. The Kier molecular flexibility index (Phi) is 2.11. The summed E-state index contributed by atoms with van der Waals surface area (Å²) in [5.74, 6) is 1.86. The van der Waals surface area contributed by atoms with Gasteiger partial charge in [0.15, 0.2) is 0 Å². The highest BCUT2D eigenvalue weighted by atomic mass is 19.1. The molecule has 0 aliphatic rings. The summed E-state index contributed by atoms with van der Waals surface area (Å²) in [5.41, 5.74) is -2.06. The van der Waals surface area contributed by atoms with Gasteiger partial charge in [-0.1, -0.05) is 11.1 Å². The summed E-state index contributed by atoms with van der Waals surface area (Å²) in [6, 6.07) is 0. The van der Waals surface area contributed by atoms with Gasteiger partial charge < -0.3 is 9.63 Å². The standard InChI is InChI=1S/C7H7FN2O2/c1-3-7(11,4-8)6-9-5(2)12-10-6/h1,11H,4H2,2H3/t7-/m0/s1. The Morgan fingerprint density at radius 1 is 1.83 bits per heavy atom. The number of hydrogen-bond donors (Lipinski definition) is 1. The molecule has 1 aromatic rings. The molecule has 1 atom stereocenters. The molecule has 0 aromatic carbocycles. The van der Waals surface area contributed by atoms with Gasteiger partial charge in [0.25, 0.3) is 0 Å². The Morgan fingerprint density at radius 2 is 2.50 bits per heavy atom. The number of rotatable bonds is 2. The number of halogens is 1. The van der Waals surface area contributed by atoms with Crippen molar-refractivity contribution in [2.45, 2.75) is 12.5 Å². The van der Waals surface area contributed by atoms with Crippen LogP contribution in [0.1, 0.15) is 11.7 Å². The zero-order valence-electron chi connectivity index (χ0n) is 6.41. The van der Waals surface area contributed by atoms with Crippen LogP contribution in [0.3, 0.4) is 0 Å². The Bertz CT molecular complexity index is 317. The molecule has 0 saturated heterocycles. The first-order valence-corrected chi connectivity index (χ1v) is 3.19. The van der Waals surface area contributed by atoms with Crippen molar-refractivity contribution in [3.05, 3.63) is 11.7 Å². The first-order chi connectivity index (χ1) is 5.62. The molecular weight excluding hydrogens is 163 g/mol. The van der Waals surface area contributed by atoms with Gasteiger partial charge in [0.05, 0.1) is 0 Å². The summed E-state index contributed by atoms with van der Waals surface area (Å²) in [6.45, 7) is 0.383. The highest BCUT2D eigenvalue weighted by Gasteiger charge is 2.32. The van der Waals surface area contributed by atoms with Crippen LogP contribution in [0.25, 0.3) is 0 Å². The van der Waals surface area contributed by atoms with Crippen LogP contribution in [0.5, 0.6) is 0 Å². The molecule has 1 N–H and O–H groups in total. The fourth-order valence-electron chi connectivity index (χ4n) is 0.630. The highest BCUT2D eigenvalue weighted by Crippen LogP contribution is 2.16. The van der Waals surface area contributed by atoms with Gasteiger partial charge in [-0.05, 0) is 0 Å². The smallest absolute Gasteiger partial charge is 0.223 e. The minimum absolute atomic E-state index is 0.218. The normalized spacial score (nSPS) is 15.2. The lowest BCUT2D eigenvalue weighted by atomic mass is 10.1. The van der Waals surface area contributed by atoms with E-state index in [2.05, 4.69) is 14.7 Å². The quantitative estimate of drug-likeness (QED) is 0.642. The average Bonchev–Trinajstić information content (AvgIpc) is 2.51. The third kappa shape index (κ3) is 1.29. The van der Waals surface area contributed by atoms with Gasteiger partial charge in [0.1, 0.15) is 6.67 Å². The molecule has 0 fully saturated rings. The van der Waals surface area contributed by atoms with Crippen molar-refractivity contribution in [3.8, 4) is 12.3 Å². The molecule has 1 aromatic heterocycles. The van der Waals surface area contributed by atoms with E-state index in [1.807, 2.05) is 5.92 Å². The SMILES string of the molecule is C#C[C@](O)(CF)c1noc(C)n1. The Labute approximate surface area is 68.4 Å². The van der Waals surface area contributed by atoms with Crippen molar-refractivity contribution in [1.29, 1.82) is 0 Å². The number of aliphatic hydroxyl groups is 1. The minimum atomic E-state index is -2.06. The van der Waals surface area contributed by atoms with Crippen molar-refractivity contribution in [2.75, 3.05) is 6.67 Å². The van der Waals surface area contributed by atoms with Crippen molar-refractivity contribution in [3.63, 3.8) is 0 Å². The van der Waals surface area contributed by atoms with Crippen LogP contribution in [0.4, 0.5) is 4.39 Å². The van der Waals surface area contributed by atoms with E-state index < -0.39 is 12.3 Å². The maximum absolute atomic E-state index is 12.2. The van der Waals surface area contributed by atoms with Crippen LogP contribution in [-0.2, 0) is 5.60 Å². The van der Waals surface area contributed by atoms with E-state index in [0.29, 0.717) is 0 Å². The van der Waals surface area contributed by atoms with Gasteiger partial charge in [-0.25, -0.2) is 4.39 Å². The first kappa shape index (κ1) is 8.68. The molecule has 0 radical (unpaired) electrons. The van der Waals surface area contributed by atoms with Gasteiger partial charge in [0.2, 0.25) is 17.3 Å². The van der Waals surface area contributed by atoms with Gasteiger partial charge >= 0.3 is 0 Å². The molecule has 0 aliphatic heterocycles. The Balaban J connectivity index is 3.05. The number of aryl methyl sites for hydroxylation is 1. The molecule has 0 saturated carbocycles. The lowest BCUT2D eigenvalue weighted by Gasteiger charge is -2.11. The van der Waals surface area contributed by atoms with Gasteiger partial charge in [-0.15, -0.1) is 6.42 Å². The van der Waals surface area contributed by atoms with Crippen LogP contribution in [0.15, 0.2) is 4.52 Å². The largest absolute Gasteiger partial charge is 0.369 e. The molecule has 0 aliphatic carbocycles. The summed E-state index contributed by atoms with van der Waals surface area (Å²) < 4.78 is 16.8. The second-order valence-corrected chi connectivity index (χ2v) is 2.28. The van der Waals surface area contributed by atoms with E-state index in [1.54, 1.807) is 0 Å². The van der Waals surface area contributed by atoms with E-state index in [-0.39, 0.29) is 11.7 Å². The predicted molar refractivity (Wildman–Crippen MR) is 37.7 cm³/mol. The van der Waals surface area contributed by atoms with Crippen LogP contribution in [0, 0.1) is 19.3 Å². The number of nitrogens with zero attached hydrogens (tertiary/aromatic N) is 2. The molecule has 0 unspecified atom stereocenters. The minimum Gasteiger partial charge on any atom is -0.369 e. The Morgan fingerprint density at radius 3 is 2.83 bits per heavy atom. The molecular formula is C7H7FN2O2. The van der Waals surface area contributed by atoms with E-state index in [0.717, 1.165) is 0 Å². The third-order valence-electron chi connectivity index (χ3n) is 1.33. The lowest BCUT2D eigenvalue weighted by Crippen LogP contribution is -2.27. The van der Waals surface area contributed by atoms with E-state index >= 15 is 0 Å². The van der Waals surface area contributed by atoms with E-state index in [1.165, 1.54) is 6.92 Å². The molecule has 0 amide bonds. The fraction of sp³-hybridized carbons (Fsp3) is 0.429. The van der Waals surface area contributed by atoms with E-state index in [4.69, 9.17) is 6.42 Å². The molecule has 5 heteroatoms. The van der Waals surface area contributed by atoms with Crippen molar-refractivity contribution < 1.29 is 14.0 Å². The monoisotopic (exact) mass is 170 g/mol. The van der Waals surface area contributed by atoms with Crippen LogP contribution in [0.2, 0.25) is 0 Å². The van der Waals surface area contributed by atoms with Crippen molar-refractivity contribution in [1.82, 2.24) is 10.1 Å². The summed E-state index contributed by atoms with van der Waals surface area (Å²) in [7, 11) is 0. The summed E-state index contributed by atoms with van der Waals surface area (Å²) in [4.78, 5) is 3.61. The second-order valence-electron chi connectivity index (χ2n) is 2.28. The topological polar surface area (TPSA) is 59.2 Å². The molecule has 1 rings (SSSR count). The number of terminal acetylenes is 1. The molecule has 12 heavy (non-hydrogen) atoms. The van der Waals surface area contributed by atoms with Crippen LogP contribution >= 0.6 is 0 Å². The number of hydrogen-bond acceptors (Lipinski definition) is 4.